The van der Waals surface area contributed by atoms with Crippen LogP contribution in [0.1, 0.15) is 67.2 Å². The SMILES string of the molecule is CC(C)(C)OC(=O)N1CCCC(CNc2cccc3c2C(=O)N(C2CCC(=O)NC2=O)C3=O)C1. The predicted octanol–water partition coefficient (Wildman–Crippen LogP) is 2.15. The maximum absolute atomic E-state index is 13.2. The number of hydrogen-bond acceptors (Lipinski definition) is 7. The molecule has 2 atom stereocenters. The minimum atomic E-state index is -1.00. The molecule has 34 heavy (non-hydrogen) atoms. The molecule has 0 aromatic heterocycles. The lowest BCUT2D eigenvalue weighted by Crippen LogP contribution is -2.54. The van der Waals surface area contributed by atoms with Crippen molar-refractivity contribution in [1.82, 2.24) is 15.1 Å². The fourth-order valence-corrected chi connectivity index (χ4v) is 4.64. The minimum Gasteiger partial charge on any atom is -0.444 e. The van der Waals surface area contributed by atoms with Crippen LogP contribution in [0.2, 0.25) is 0 Å². The standard InChI is InChI=1S/C24H30N4O6/c1-24(2,3)34-23(33)27-11-5-6-14(13-27)12-25-16-8-4-7-15-19(16)22(32)28(21(15)31)17-9-10-18(29)26-20(17)30/h4,7-8,14,17,25H,5-6,9-13H2,1-3H3,(H,26,29,30). The van der Waals surface area contributed by atoms with Crippen molar-refractivity contribution in [2.24, 2.45) is 5.92 Å². The van der Waals surface area contributed by atoms with Crippen LogP contribution in [0, 0.1) is 5.92 Å². The Morgan fingerprint density at radius 2 is 1.91 bits per heavy atom. The van der Waals surface area contributed by atoms with E-state index in [-0.39, 0.29) is 36.0 Å². The van der Waals surface area contributed by atoms with E-state index in [0.717, 1.165) is 17.7 Å². The second kappa shape index (κ2) is 9.08. The van der Waals surface area contributed by atoms with E-state index in [1.165, 1.54) is 0 Å². The van der Waals surface area contributed by atoms with Crippen LogP contribution in [0.5, 0.6) is 0 Å². The van der Waals surface area contributed by atoms with E-state index in [4.69, 9.17) is 4.74 Å². The number of carbonyl (C=O) groups excluding carboxylic acids is 5. The molecule has 5 amide bonds. The zero-order valence-electron chi connectivity index (χ0n) is 19.7. The van der Waals surface area contributed by atoms with Crippen molar-refractivity contribution in [1.29, 1.82) is 0 Å². The number of benzene rings is 1. The molecule has 3 aliphatic rings. The van der Waals surface area contributed by atoms with Crippen molar-refractivity contribution in [3.8, 4) is 0 Å². The lowest BCUT2D eigenvalue weighted by molar-refractivity contribution is -0.136. The average molecular weight is 471 g/mol. The molecule has 0 saturated carbocycles. The summed E-state index contributed by atoms with van der Waals surface area (Å²) < 4.78 is 5.48. The summed E-state index contributed by atoms with van der Waals surface area (Å²) in [6.07, 6.45) is 1.61. The van der Waals surface area contributed by atoms with Crippen LogP contribution in [-0.4, -0.2) is 70.8 Å². The molecule has 10 nitrogen and oxygen atoms in total. The average Bonchev–Trinajstić information content (AvgIpc) is 3.02. The van der Waals surface area contributed by atoms with Crippen LogP contribution in [0.3, 0.4) is 0 Å². The number of rotatable bonds is 4. The Labute approximate surface area is 198 Å². The summed E-state index contributed by atoms with van der Waals surface area (Å²) in [5.74, 6) is -1.98. The van der Waals surface area contributed by atoms with Crippen molar-refractivity contribution >= 4 is 35.4 Å². The molecule has 3 aliphatic heterocycles. The number of nitrogens with zero attached hydrogens (tertiary/aromatic N) is 2. The van der Waals surface area contributed by atoms with Gasteiger partial charge in [0.15, 0.2) is 0 Å². The van der Waals surface area contributed by atoms with Crippen molar-refractivity contribution in [3.05, 3.63) is 29.3 Å². The first kappa shape index (κ1) is 23.7. The van der Waals surface area contributed by atoms with E-state index in [1.54, 1.807) is 23.1 Å². The molecule has 2 fully saturated rings. The van der Waals surface area contributed by atoms with E-state index in [0.29, 0.717) is 25.3 Å². The molecule has 2 N–H and O–H groups in total. The van der Waals surface area contributed by atoms with Gasteiger partial charge in [-0.05, 0) is 58.1 Å². The predicted molar refractivity (Wildman–Crippen MR) is 122 cm³/mol. The Kier molecular flexibility index (Phi) is 6.33. The van der Waals surface area contributed by atoms with Gasteiger partial charge < -0.3 is 15.0 Å². The number of anilines is 1. The largest absolute Gasteiger partial charge is 0.444 e. The monoisotopic (exact) mass is 470 g/mol. The topological polar surface area (TPSA) is 125 Å². The molecule has 3 heterocycles. The third-order valence-electron chi connectivity index (χ3n) is 6.22. The van der Waals surface area contributed by atoms with E-state index in [1.807, 2.05) is 20.8 Å². The third kappa shape index (κ3) is 4.76. The molecule has 0 aliphatic carbocycles. The maximum atomic E-state index is 13.2. The van der Waals surface area contributed by atoms with Crippen molar-refractivity contribution < 1.29 is 28.7 Å². The molecule has 2 unspecified atom stereocenters. The highest BCUT2D eigenvalue weighted by atomic mass is 16.6. The van der Waals surface area contributed by atoms with Crippen LogP contribution >= 0.6 is 0 Å². The Bertz CT molecular complexity index is 1050. The van der Waals surface area contributed by atoms with Crippen molar-refractivity contribution in [2.45, 2.75) is 58.1 Å². The molecular weight excluding hydrogens is 440 g/mol. The normalized spacial score (nSPS) is 23.0. The van der Waals surface area contributed by atoms with Crippen LogP contribution in [0.15, 0.2) is 18.2 Å². The molecule has 1 aromatic carbocycles. The van der Waals surface area contributed by atoms with E-state index in [2.05, 4.69) is 10.6 Å². The number of imide groups is 2. The van der Waals surface area contributed by atoms with Crippen molar-refractivity contribution in [2.75, 3.05) is 25.0 Å². The Hall–Kier alpha value is -3.43. The number of fused-ring (bicyclic) bond motifs is 1. The summed E-state index contributed by atoms with van der Waals surface area (Å²) >= 11 is 0. The maximum Gasteiger partial charge on any atom is 0.410 e. The van der Waals surface area contributed by atoms with Gasteiger partial charge in [-0.1, -0.05) is 6.07 Å². The number of ether oxygens (including phenoxy) is 1. The van der Waals surface area contributed by atoms with Gasteiger partial charge in [0.2, 0.25) is 11.8 Å². The van der Waals surface area contributed by atoms with Gasteiger partial charge in [0.05, 0.1) is 11.1 Å². The molecule has 4 rings (SSSR count). The number of likely N-dealkylation sites (tertiary alicyclic amines) is 1. The van der Waals surface area contributed by atoms with Gasteiger partial charge in [-0.2, -0.15) is 0 Å². The highest BCUT2D eigenvalue weighted by Crippen LogP contribution is 2.32. The van der Waals surface area contributed by atoms with Gasteiger partial charge in [-0.25, -0.2) is 4.79 Å². The first-order valence-corrected chi connectivity index (χ1v) is 11.6. The van der Waals surface area contributed by atoms with Gasteiger partial charge in [0.25, 0.3) is 11.8 Å². The summed E-state index contributed by atoms with van der Waals surface area (Å²) in [6.45, 7) is 7.18. The molecule has 182 valence electrons. The number of nitrogens with one attached hydrogen (secondary N) is 2. The molecule has 0 bridgehead atoms. The fraction of sp³-hybridized carbons (Fsp3) is 0.542. The second-order valence-electron chi connectivity index (χ2n) is 9.99. The van der Waals surface area contributed by atoms with Gasteiger partial charge in [0.1, 0.15) is 11.6 Å². The lowest BCUT2D eigenvalue weighted by atomic mass is 9.98. The molecule has 2 saturated heterocycles. The van der Waals surface area contributed by atoms with Crippen LogP contribution < -0.4 is 10.6 Å². The fourth-order valence-electron chi connectivity index (χ4n) is 4.64. The summed E-state index contributed by atoms with van der Waals surface area (Å²) in [6, 6.07) is 3.98. The number of carbonyl (C=O) groups is 5. The Morgan fingerprint density at radius 3 is 2.62 bits per heavy atom. The highest BCUT2D eigenvalue weighted by molar-refractivity contribution is 6.25. The van der Waals surface area contributed by atoms with Gasteiger partial charge in [0, 0.05) is 31.7 Å². The molecule has 0 radical (unpaired) electrons. The number of piperidine rings is 2. The first-order valence-electron chi connectivity index (χ1n) is 11.6. The lowest BCUT2D eigenvalue weighted by Gasteiger charge is -2.34. The van der Waals surface area contributed by atoms with Crippen molar-refractivity contribution in [3.63, 3.8) is 0 Å². The van der Waals surface area contributed by atoms with Crippen LogP contribution in [0.25, 0.3) is 0 Å². The van der Waals surface area contributed by atoms with E-state index < -0.39 is 35.3 Å². The summed E-state index contributed by atoms with van der Waals surface area (Å²) in [5.41, 5.74) is 0.421. The smallest absolute Gasteiger partial charge is 0.410 e. The van der Waals surface area contributed by atoms with Gasteiger partial charge in [-0.15, -0.1) is 0 Å². The molecular formula is C24H30N4O6. The van der Waals surface area contributed by atoms with Gasteiger partial charge >= 0.3 is 6.09 Å². The van der Waals surface area contributed by atoms with E-state index in [9.17, 15) is 24.0 Å². The van der Waals surface area contributed by atoms with Crippen LogP contribution in [-0.2, 0) is 14.3 Å². The van der Waals surface area contributed by atoms with E-state index >= 15 is 0 Å². The second-order valence-corrected chi connectivity index (χ2v) is 9.99. The zero-order valence-corrected chi connectivity index (χ0v) is 19.7. The number of amides is 5. The minimum absolute atomic E-state index is 0.0742. The van der Waals surface area contributed by atoms with Crippen LogP contribution in [0.4, 0.5) is 10.5 Å². The zero-order chi connectivity index (χ0) is 24.6. The first-order chi connectivity index (χ1) is 16.0. The van der Waals surface area contributed by atoms with Gasteiger partial charge in [-0.3, -0.25) is 29.4 Å². The highest BCUT2D eigenvalue weighted by Gasteiger charge is 2.45. The molecule has 0 spiro atoms. The summed E-state index contributed by atoms with van der Waals surface area (Å²) in [5, 5.41) is 5.48. The number of hydrogen-bond donors (Lipinski definition) is 2. The Morgan fingerprint density at radius 1 is 1.15 bits per heavy atom. The summed E-state index contributed by atoms with van der Waals surface area (Å²) in [4.78, 5) is 65.1. The quantitative estimate of drug-likeness (QED) is 0.646. The summed E-state index contributed by atoms with van der Waals surface area (Å²) in [7, 11) is 0. The molecule has 10 heteroatoms. The molecule has 1 aromatic rings. The Balaban J connectivity index is 1.45. The third-order valence-corrected chi connectivity index (χ3v) is 6.22.